The Balaban J connectivity index is 1.59. The van der Waals surface area contributed by atoms with Crippen LogP contribution in [-0.4, -0.2) is 58.0 Å². The number of ether oxygens (including phenoxy) is 1. The van der Waals surface area contributed by atoms with Crippen LogP contribution >= 0.6 is 12.0 Å². The number of fused-ring (bicyclic) bond motifs is 2. The third kappa shape index (κ3) is 9.56. The molecule has 11 heteroatoms. The molecule has 0 saturated carbocycles. The molecular weight excluding hydrogens is 735 g/mol. The third-order valence-electron chi connectivity index (χ3n) is 11.1. The van der Waals surface area contributed by atoms with Crippen molar-refractivity contribution in [1.29, 1.82) is 10.5 Å². The van der Waals surface area contributed by atoms with E-state index in [2.05, 4.69) is 96.0 Å². The van der Waals surface area contributed by atoms with Gasteiger partial charge in [-0.3, -0.25) is 4.90 Å². The summed E-state index contributed by atoms with van der Waals surface area (Å²) >= 11 is 1.06. The number of carbonyl (C=O) groups excluding carboxylic acids is 1. The van der Waals surface area contributed by atoms with Gasteiger partial charge in [-0.05, 0) is 120 Å². The molecule has 0 fully saturated rings. The monoisotopic (exact) mass is 792 g/mol. The zero-order valence-corrected chi connectivity index (χ0v) is 35.9. The van der Waals surface area contributed by atoms with Gasteiger partial charge in [-0.15, -0.1) is 4.33 Å². The Kier molecular flexibility index (Phi) is 14.0. The predicted octanol–water partition coefficient (Wildman–Crippen LogP) is 10.9. The lowest BCUT2D eigenvalue weighted by atomic mass is 9.80. The molecule has 0 atom stereocenters. The maximum atomic E-state index is 13.7. The first kappa shape index (κ1) is 43.5. The molecule has 3 aliphatic rings. The van der Waals surface area contributed by atoms with Crippen LogP contribution in [0.4, 0.5) is 16.2 Å². The van der Waals surface area contributed by atoms with E-state index < -0.39 is 17.1 Å². The van der Waals surface area contributed by atoms with E-state index in [9.17, 15) is 15.3 Å². The van der Waals surface area contributed by atoms with Crippen LogP contribution in [0.15, 0.2) is 83.2 Å². The molecule has 1 aliphatic carbocycles. The lowest BCUT2D eigenvalue weighted by Gasteiger charge is -2.28. The molecule has 0 saturated heterocycles. The van der Waals surface area contributed by atoms with Gasteiger partial charge in [-0.2, -0.15) is 15.1 Å². The van der Waals surface area contributed by atoms with Gasteiger partial charge < -0.3 is 9.64 Å². The van der Waals surface area contributed by atoms with Gasteiger partial charge in [0.2, 0.25) is 5.69 Å². The first-order valence-electron chi connectivity index (χ1n) is 20.0. The number of nitrogens with zero attached hydrogens (tertiary/aromatic N) is 5. The Morgan fingerprint density at radius 1 is 0.965 bits per heavy atom. The maximum absolute atomic E-state index is 13.7. The summed E-state index contributed by atoms with van der Waals surface area (Å²) in [6.07, 6.45) is 14.8. The van der Waals surface area contributed by atoms with Crippen LogP contribution in [0.3, 0.4) is 0 Å². The number of hydrogen-bond donors (Lipinski definition) is 1. The van der Waals surface area contributed by atoms with Crippen LogP contribution in [0.25, 0.3) is 0 Å². The summed E-state index contributed by atoms with van der Waals surface area (Å²) in [4.78, 5) is 17.7. The van der Waals surface area contributed by atoms with E-state index >= 15 is 0 Å². The van der Waals surface area contributed by atoms with E-state index in [1.165, 1.54) is 5.71 Å². The van der Waals surface area contributed by atoms with Gasteiger partial charge in [0.1, 0.15) is 12.1 Å². The highest BCUT2D eigenvalue weighted by molar-refractivity contribution is 7.94. The summed E-state index contributed by atoms with van der Waals surface area (Å²) < 4.78 is 12.9. The number of nitriles is 2. The second-order valence-corrected chi connectivity index (χ2v) is 17.8. The van der Waals surface area contributed by atoms with Gasteiger partial charge in [-0.25, -0.2) is 10.1 Å². The lowest BCUT2D eigenvalue weighted by Crippen LogP contribution is -2.34. The average molecular weight is 793 g/mol. The quantitative estimate of drug-likeness (QED) is 0.0617. The number of allylic oxidation sites excluding steroid dienone is 7. The fourth-order valence-corrected chi connectivity index (χ4v) is 8.66. The van der Waals surface area contributed by atoms with Gasteiger partial charge in [0.05, 0.1) is 34.4 Å². The fourth-order valence-electron chi connectivity index (χ4n) is 8.23. The predicted molar refractivity (Wildman–Crippen MR) is 227 cm³/mol. The van der Waals surface area contributed by atoms with E-state index in [1.54, 1.807) is 11.9 Å². The minimum atomic E-state index is -0.665. The highest BCUT2D eigenvalue weighted by atomic mass is 32.2. The number of carbonyl (C=O) groups is 1. The molecule has 2 aromatic carbocycles. The van der Waals surface area contributed by atoms with Crippen molar-refractivity contribution in [3.63, 3.8) is 0 Å². The van der Waals surface area contributed by atoms with Crippen molar-refractivity contribution >= 4 is 35.2 Å². The minimum Gasteiger partial charge on any atom is -0.443 e. The Morgan fingerprint density at radius 2 is 1.67 bits per heavy atom. The Hall–Kier alpha value is -4.65. The van der Waals surface area contributed by atoms with Crippen molar-refractivity contribution in [2.45, 2.75) is 117 Å². The number of likely N-dealkylation sites (N-methyl/N-ethyl adjacent to an activating group) is 1. The molecule has 2 aromatic rings. The van der Waals surface area contributed by atoms with Crippen LogP contribution in [0, 0.1) is 22.7 Å². The average Bonchev–Trinajstić information content (AvgIpc) is 3.74. The third-order valence-corrected chi connectivity index (χ3v) is 11.7. The molecule has 1 N–H and O–H groups in total. The van der Waals surface area contributed by atoms with Crippen molar-refractivity contribution < 1.29 is 28.7 Å². The first-order valence-corrected chi connectivity index (χ1v) is 20.9. The van der Waals surface area contributed by atoms with Gasteiger partial charge in [0, 0.05) is 72.3 Å². The zero-order valence-electron chi connectivity index (χ0n) is 35.1. The molecule has 5 rings (SSSR count). The highest BCUT2D eigenvalue weighted by Gasteiger charge is 2.45. The van der Waals surface area contributed by atoms with Crippen molar-refractivity contribution in [1.82, 2.24) is 4.90 Å². The molecule has 2 aliphatic heterocycles. The van der Waals surface area contributed by atoms with Crippen LogP contribution in [0.2, 0.25) is 0 Å². The number of anilines is 1. The number of benzene rings is 2. The largest absolute Gasteiger partial charge is 0.443 e. The van der Waals surface area contributed by atoms with Crippen LogP contribution in [-0.2, 0) is 24.9 Å². The molecule has 302 valence electrons. The summed E-state index contributed by atoms with van der Waals surface area (Å²) in [5.41, 5.74) is 9.55. The Bertz CT molecular complexity index is 2090. The van der Waals surface area contributed by atoms with Crippen LogP contribution < -0.4 is 4.90 Å². The lowest BCUT2D eigenvalue weighted by molar-refractivity contribution is -0.438. The first-order chi connectivity index (χ1) is 27.1. The van der Waals surface area contributed by atoms with Crippen molar-refractivity contribution in [2.75, 3.05) is 30.8 Å². The van der Waals surface area contributed by atoms with Gasteiger partial charge in [0.15, 0.2) is 5.71 Å². The Labute approximate surface area is 343 Å². The summed E-state index contributed by atoms with van der Waals surface area (Å²) in [5, 5.41) is 31.7. The Morgan fingerprint density at radius 3 is 2.33 bits per heavy atom. The molecule has 0 bridgehead atoms. The van der Waals surface area contributed by atoms with E-state index in [0.717, 1.165) is 115 Å². The van der Waals surface area contributed by atoms with E-state index in [-0.39, 0.29) is 5.41 Å². The molecule has 0 aromatic heterocycles. The number of hydrogen-bond acceptors (Lipinski definition) is 9. The smallest absolute Gasteiger partial charge is 0.414 e. The van der Waals surface area contributed by atoms with Crippen LogP contribution in [0.1, 0.15) is 123 Å². The molecular formula is C46H58N5O5S+. The topological polar surface area (TPSA) is 122 Å². The molecule has 2 heterocycles. The van der Waals surface area contributed by atoms with E-state index in [0.29, 0.717) is 16.9 Å². The zero-order chi connectivity index (χ0) is 41.5. The molecule has 0 unspecified atom stereocenters. The van der Waals surface area contributed by atoms with Crippen LogP contribution in [0.5, 0.6) is 0 Å². The van der Waals surface area contributed by atoms with Crippen molar-refractivity contribution in [3.05, 3.63) is 105 Å². The van der Waals surface area contributed by atoms with E-state index in [4.69, 9.17) is 9.99 Å². The SMILES string of the molecule is CCCCC[N+]1=C(C=CC2=C(N(C)C(=O)OC(C)(C)C)C(=CC=C3N(CCCCSOOO)c4ccc(C#N)cc4C3(C)C)CC2)C(C)(C)c2cc(C#N)ccc21. The van der Waals surface area contributed by atoms with Crippen molar-refractivity contribution in [2.24, 2.45) is 0 Å². The van der Waals surface area contributed by atoms with E-state index in [1.807, 2.05) is 51.1 Å². The summed E-state index contributed by atoms with van der Waals surface area (Å²) in [6.45, 7) is 18.3. The van der Waals surface area contributed by atoms with Gasteiger partial charge in [-0.1, -0.05) is 44.4 Å². The number of unbranched alkanes of at least 4 members (excludes halogenated alkanes) is 3. The second-order valence-electron chi connectivity index (χ2n) is 17.0. The number of amides is 1. The normalized spacial score (nSPS) is 18.4. The summed E-state index contributed by atoms with van der Waals surface area (Å²) in [7, 11) is 1.79. The molecule has 10 nitrogen and oxygen atoms in total. The highest BCUT2D eigenvalue weighted by Crippen LogP contribution is 2.49. The number of rotatable bonds is 15. The van der Waals surface area contributed by atoms with Gasteiger partial charge in [0.25, 0.3) is 0 Å². The molecule has 57 heavy (non-hydrogen) atoms. The maximum Gasteiger partial charge on any atom is 0.414 e. The standard InChI is InChI=1S/C46H57N5O5S/c1-10-11-12-25-50-38-21-15-32(30-47)28-36(38)45(5,6)40(50)23-19-34-17-18-35(42(34)49(9)43(52)54-44(2,3)4)20-24-41-46(7,8)37-29-33(31-48)16-22-39(37)51(41)26-13-14-27-57-56-55-53/h15-16,19-24,28-29H,10-14,17-18,25-27H2,1-9H3/p+1. The molecule has 1 amide bonds. The molecule has 0 spiro atoms. The minimum absolute atomic E-state index is 0.333. The molecule has 0 radical (unpaired) electrons. The van der Waals surface area contributed by atoms with Gasteiger partial charge >= 0.3 is 6.09 Å². The van der Waals surface area contributed by atoms with Crippen molar-refractivity contribution in [3.8, 4) is 12.1 Å². The summed E-state index contributed by atoms with van der Waals surface area (Å²) in [5.74, 6) is 0.655. The second kappa shape index (κ2) is 18.3. The fraction of sp³-hybridized carbons (Fsp3) is 0.478. The summed E-state index contributed by atoms with van der Waals surface area (Å²) in [6, 6.07) is 16.5.